The largest absolute Gasteiger partial charge is 0.465 e. The van der Waals surface area contributed by atoms with Gasteiger partial charge in [0, 0.05) is 6.54 Å². The van der Waals surface area contributed by atoms with E-state index < -0.39 is 0 Å². The van der Waals surface area contributed by atoms with E-state index in [1.54, 1.807) is 0 Å². The molecule has 1 aliphatic heterocycles. The van der Waals surface area contributed by atoms with Crippen molar-refractivity contribution in [1.29, 1.82) is 0 Å². The Labute approximate surface area is 111 Å². The van der Waals surface area contributed by atoms with Gasteiger partial charge in [0.15, 0.2) is 0 Å². The average molecular weight is 250 g/mol. The van der Waals surface area contributed by atoms with E-state index in [4.69, 9.17) is 4.42 Å². The van der Waals surface area contributed by atoms with Crippen molar-refractivity contribution in [1.82, 2.24) is 10.2 Å². The molecule has 1 aliphatic rings. The van der Waals surface area contributed by atoms with Gasteiger partial charge in [-0.25, -0.2) is 0 Å². The molecular weight excluding hydrogens is 224 g/mol. The smallest absolute Gasteiger partial charge is 0.118 e. The first-order valence-electron chi connectivity index (χ1n) is 7.12. The van der Waals surface area contributed by atoms with E-state index >= 15 is 0 Å². The van der Waals surface area contributed by atoms with Crippen LogP contribution >= 0.6 is 0 Å². The van der Waals surface area contributed by atoms with Crippen molar-refractivity contribution in [2.75, 3.05) is 26.2 Å². The molecule has 3 nitrogen and oxygen atoms in total. The third-order valence-corrected chi connectivity index (χ3v) is 3.53. The lowest BCUT2D eigenvalue weighted by Crippen LogP contribution is -2.28. The molecule has 2 rings (SSSR count). The summed E-state index contributed by atoms with van der Waals surface area (Å²) in [4.78, 5) is 2.50. The third kappa shape index (κ3) is 4.14. The lowest BCUT2D eigenvalue weighted by atomic mass is 10.1. The fourth-order valence-electron chi connectivity index (χ4n) is 2.59. The van der Waals surface area contributed by atoms with Gasteiger partial charge in [0.2, 0.25) is 0 Å². The molecule has 0 aromatic carbocycles. The molecule has 1 aromatic rings. The van der Waals surface area contributed by atoms with Crippen LogP contribution in [0.5, 0.6) is 0 Å². The van der Waals surface area contributed by atoms with Crippen molar-refractivity contribution in [3.05, 3.63) is 23.7 Å². The molecule has 102 valence electrons. The van der Waals surface area contributed by atoms with Crippen LogP contribution in [-0.2, 0) is 6.54 Å². The first-order chi connectivity index (χ1) is 8.63. The topological polar surface area (TPSA) is 28.4 Å². The van der Waals surface area contributed by atoms with Crippen molar-refractivity contribution >= 4 is 0 Å². The second-order valence-corrected chi connectivity index (χ2v) is 5.95. The van der Waals surface area contributed by atoms with Gasteiger partial charge < -0.3 is 9.73 Å². The maximum Gasteiger partial charge on any atom is 0.118 e. The van der Waals surface area contributed by atoms with Crippen LogP contribution < -0.4 is 5.32 Å². The summed E-state index contributed by atoms with van der Waals surface area (Å²) < 4.78 is 5.64. The second-order valence-electron chi connectivity index (χ2n) is 5.95. The second kappa shape index (κ2) is 6.39. The van der Waals surface area contributed by atoms with E-state index in [0.29, 0.717) is 0 Å². The van der Waals surface area contributed by atoms with E-state index in [9.17, 15) is 0 Å². The van der Waals surface area contributed by atoms with Crippen LogP contribution in [-0.4, -0.2) is 31.1 Å². The minimum absolute atomic E-state index is 0.744. The molecule has 1 atom stereocenters. The lowest BCUT2D eigenvalue weighted by Gasteiger charge is -2.15. The third-order valence-electron chi connectivity index (χ3n) is 3.53. The fourth-order valence-corrected chi connectivity index (χ4v) is 2.59. The van der Waals surface area contributed by atoms with Crippen LogP contribution in [0, 0.1) is 18.8 Å². The molecule has 0 amide bonds. The molecule has 0 spiro atoms. The molecule has 1 N–H and O–H groups in total. The highest BCUT2D eigenvalue weighted by Crippen LogP contribution is 2.19. The standard InChI is InChI=1S/C15H26N2O/c1-12(2)8-16-9-14-6-7-17(10-14)11-15-5-4-13(3)18-15/h4-5,12,14,16H,6-11H2,1-3H3. The van der Waals surface area contributed by atoms with Gasteiger partial charge in [0.05, 0.1) is 6.54 Å². The number of furan rings is 1. The Morgan fingerprint density at radius 3 is 2.94 bits per heavy atom. The SMILES string of the molecule is Cc1ccc(CN2CCC(CNCC(C)C)C2)o1. The molecule has 1 saturated heterocycles. The maximum atomic E-state index is 5.64. The zero-order valence-corrected chi connectivity index (χ0v) is 11.9. The van der Waals surface area contributed by atoms with Gasteiger partial charge in [-0.1, -0.05) is 13.8 Å². The Bertz CT molecular complexity index is 359. The van der Waals surface area contributed by atoms with Crippen LogP contribution in [0.3, 0.4) is 0 Å². The van der Waals surface area contributed by atoms with Crippen LogP contribution in [0.25, 0.3) is 0 Å². The molecule has 2 heterocycles. The van der Waals surface area contributed by atoms with Gasteiger partial charge in [-0.3, -0.25) is 4.90 Å². The zero-order valence-electron chi connectivity index (χ0n) is 11.9. The highest BCUT2D eigenvalue weighted by molar-refractivity contribution is 5.05. The van der Waals surface area contributed by atoms with Crippen molar-refractivity contribution in [2.45, 2.75) is 33.7 Å². The number of hydrogen-bond donors (Lipinski definition) is 1. The van der Waals surface area contributed by atoms with Gasteiger partial charge in [0.25, 0.3) is 0 Å². The van der Waals surface area contributed by atoms with Crippen molar-refractivity contribution in [2.24, 2.45) is 11.8 Å². The predicted octanol–water partition coefficient (Wildman–Crippen LogP) is 2.66. The Kier molecular flexibility index (Phi) is 4.84. The number of aryl methyl sites for hydroxylation is 1. The van der Waals surface area contributed by atoms with Crippen LogP contribution in [0.1, 0.15) is 31.8 Å². The van der Waals surface area contributed by atoms with Crippen LogP contribution in [0.2, 0.25) is 0 Å². The van der Waals surface area contributed by atoms with Gasteiger partial charge in [0.1, 0.15) is 11.5 Å². The molecule has 1 aromatic heterocycles. The molecule has 18 heavy (non-hydrogen) atoms. The summed E-state index contributed by atoms with van der Waals surface area (Å²) in [7, 11) is 0. The lowest BCUT2D eigenvalue weighted by molar-refractivity contribution is 0.282. The quantitative estimate of drug-likeness (QED) is 0.841. The van der Waals surface area contributed by atoms with E-state index in [1.807, 2.05) is 13.0 Å². The number of nitrogens with zero attached hydrogens (tertiary/aromatic N) is 1. The zero-order chi connectivity index (χ0) is 13.0. The summed E-state index contributed by atoms with van der Waals surface area (Å²) in [5, 5.41) is 3.57. The minimum atomic E-state index is 0.744. The predicted molar refractivity (Wildman–Crippen MR) is 74.5 cm³/mol. The molecular formula is C15H26N2O. The van der Waals surface area contributed by atoms with Crippen LogP contribution in [0.15, 0.2) is 16.5 Å². The highest BCUT2D eigenvalue weighted by atomic mass is 16.3. The summed E-state index contributed by atoms with van der Waals surface area (Å²) in [6.07, 6.45) is 1.31. The summed E-state index contributed by atoms with van der Waals surface area (Å²) in [5.74, 6) is 3.66. The number of likely N-dealkylation sites (tertiary alicyclic amines) is 1. The first kappa shape index (κ1) is 13.6. The first-order valence-corrected chi connectivity index (χ1v) is 7.12. The Balaban J connectivity index is 1.68. The van der Waals surface area contributed by atoms with Gasteiger partial charge >= 0.3 is 0 Å². The van der Waals surface area contributed by atoms with Crippen molar-refractivity contribution in [3.63, 3.8) is 0 Å². The molecule has 1 unspecified atom stereocenters. The number of nitrogens with one attached hydrogen (secondary N) is 1. The Morgan fingerprint density at radius 1 is 1.44 bits per heavy atom. The summed E-state index contributed by atoms with van der Waals surface area (Å²) in [6.45, 7) is 12.2. The molecule has 3 heteroatoms. The van der Waals surface area contributed by atoms with E-state index in [1.165, 1.54) is 19.5 Å². The van der Waals surface area contributed by atoms with Gasteiger partial charge in [-0.2, -0.15) is 0 Å². The van der Waals surface area contributed by atoms with Crippen LogP contribution in [0.4, 0.5) is 0 Å². The summed E-state index contributed by atoms with van der Waals surface area (Å²) in [5.41, 5.74) is 0. The molecule has 0 radical (unpaired) electrons. The van der Waals surface area contributed by atoms with E-state index in [2.05, 4.69) is 30.1 Å². The Morgan fingerprint density at radius 2 is 2.28 bits per heavy atom. The number of hydrogen-bond acceptors (Lipinski definition) is 3. The summed E-state index contributed by atoms with van der Waals surface area (Å²) in [6, 6.07) is 4.15. The van der Waals surface area contributed by atoms with E-state index in [0.717, 1.165) is 43.0 Å². The maximum absolute atomic E-state index is 5.64. The summed E-state index contributed by atoms with van der Waals surface area (Å²) >= 11 is 0. The molecule has 0 aliphatic carbocycles. The average Bonchev–Trinajstić information content (AvgIpc) is 2.89. The molecule has 0 saturated carbocycles. The van der Waals surface area contributed by atoms with Gasteiger partial charge in [-0.15, -0.1) is 0 Å². The molecule has 0 bridgehead atoms. The normalized spacial score (nSPS) is 21.0. The Hall–Kier alpha value is -0.800. The fraction of sp³-hybridized carbons (Fsp3) is 0.733. The van der Waals surface area contributed by atoms with Crippen molar-refractivity contribution in [3.8, 4) is 0 Å². The highest BCUT2D eigenvalue weighted by Gasteiger charge is 2.22. The van der Waals surface area contributed by atoms with Crippen molar-refractivity contribution < 1.29 is 4.42 Å². The molecule has 1 fully saturated rings. The van der Waals surface area contributed by atoms with Gasteiger partial charge in [-0.05, 0) is 56.9 Å². The minimum Gasteiger partial charge on any atom is -0.465 e. The number of rotatable bonds is 6. The van der Waals surface area contributed by atoms with E-state index in [-0.39, 0.29) is 0 Å². The monoisotopic (exact) mass is 250 g/mol.